The Hall–Kier alpha value is -0.0900. The molecule has 0 aliphatic carbocycles. The monoisotopic (exact) mass is 238 g/mol. The van der Waals surface area contributed by atoms with E-state index in [1.54, 1.807) is 20.8 Å². The van der Waals surface area contributed by atoms with Gasteiger partial charge in [0.2, 0.25) is 0 Å². The van der Waals surface area contributed by atoms with Crippen LogP contribution in [0, 0.1) is 11.3 Å². The topological polar surface area (TPSA) is 57.5 Å². The highest BCUT2D eigenvalue weighted by Gasteiger charge is 2.36. The van der Waals surface area contributed by atoms with E-state index in [0.717, 1.165) is 0 Å². The van der Waals surface area contributed by atoms with E-state index in [1.165, 1.54) is 0 Å². The van der Waals surface area contributed by atoms with Crippen LogP contribution in [0.4, 0.5) is 0 Å². The average molecular weight is 239 g/mol. The summed E-state index contributed by atoms with van der Waals surface area (Å²) in [7, 11) is 0. The molecule has 0 radical (unpaired) electrons. The molecule has 0 heterocycles. The molecule has 0 aliphatic heterocycles. The van der Waals surface area contributed by atoms with Crippen molar-refractivity contribution in [3.63, 3.8) is 0 Å². The SMILES string of the molecule is CC(C)(C)C(C(=O)O)[C@@H](O)CBr. The minimum atomic E-state index is -0.950. The summed E-state index contributed by atoms with van der Waals surface area (Å²) >= 11 is 3.06. The Kier molecular flexibility index (Phi) is 4.20. The number of rotatable bonds is 3. The summed E-state index contributed by atoms with van der Waals surface area (Å²) in [4.78, 5) is 10.8. The van der Waals surface area contributed by atoms with Gasteiger partial charge in [-0.15, -0.1) is 0 Å². The zero-order chi connectivity index (χ0) is 9.94. The van der Waals surface area contributed by atoms with Crippen molar-refractivity contribution in [1.29, 1.82) is 0 Å². The molecular formula is C8H15BrO3. The van der Waals surface area contributed by atoms with Crippen LogP contribution in [0.5, 0.6) is 0 Å². The molecule has 1 unspecified atom stereocenters. The molecule has 2 atom stereocenters. The lowest BCUT2D eigenvalue weighted by atomic mass is 9.78. The molecule has 12 heavy (non-hydrogen) atoms. The summed E-state index contributed by atoms with van der Waals surface area (Å²) in [6.45, 7) is 5.41. The van der Waals surface area contributed by atoms with E-state index in [9.17, 15) is 9.90 Å². The summed E-state index contributed by atoms with van der Waals surface area (Å²) in [6, 6.07) is 0. The first-order chi connectivity index (χ1) is 5.30. The predicted octanol–water partition coefficient (Wildman–Crippen LogP) is 1.49. The maximum absolute atomic E-state index is 10.8. The summed E-state index contributed by atoms with van der Waals surface area (Å²) in [5, 5.41) is 18.5. The van der Waals surface area contributed by atoms with E-state index in [0.29, 0.717) is 5.33 Å². The van der Waals surface area contributed by atoms with Crippen molar-refractivity contribution in [3.8, 4) is 0 Å². The van der Waals surface area contributed by atoms with Gasteiger partial charge in [0.1, 0.15) is 0 Å². The molecule has 0 saturated carbocycles. The first kappa shape index (κ1) is 11.9. The van der Waals surface area contributed by atoms with Gasteiger partial charge in [-0.25, -0.2) is 0 Å². The first-order valence-electron chi connectivity index (χ1n) is 3.77. The van der Waals surface area contributed by atoms with Gasteiger partial charge in [-0.05, 0) is 5.41 Å². The van der Waals surface area contributed by atoms with Crippen molar-refractivity contribution >= 4 is 21.9 Å². The van der Waals surface area contributed by atoms with Crippen molar-refractivity contribution in [2.75, 3.05) is 5.33 Å². The normalized spacial score (nSPS) is 17.1. The number of aliphatic hydroxyl groups excluding tert-OH is 1. The van der Waals surface area contributed by atoms with Gasteiger partial charge in [-0.2, -0.15) is 0 Å². The van der Waals surface area contributed by atoms with Gasteiger partial charge in [0.15, 0.2) is 0 Å². The van der Waals surface area contributed by atoms with Crippen LogP contribution in [-0.2, 0) is 4.79 Å². The van der Waals surface area contributed by atoms with Crippen molar-refractivity contribution in [3.05, 3.63) is 0 Å². The smallest absolute Gasteiger partial charge is 0.309 e. The summed E-state index contributed by atoms with van der Waals surface area (Å²) in [5.41, 5.74) is -0.418. The third-order valence-electron chi connectivity index (χ3n) is 1.74. The van der Waals surface area contributed by atoms with Crippen LogP contribution in [0.15, 0.2) is 0 Å². The Balaban J connectivity index is 4.56. The minimum Gasteiger partial charge on any atom is -0.481 e. The number of hydrogen-bond acceptors (Lipinski definition) is 2. The fourth-order valence-corrected chi connectivity index (χ4v) is 1.58. The lowest BCUT2D eigenvalue weighted by Crippen LogP contribution is -2.39. The number of carbonyl (C=O) groups is 1. The molecule has 0 saturated heterocycles. The van der Waals surface area contributed by atoms with Crippen molar-refractivity contribution in [2.24, 2.45) is 11.3 Å². The quantitative estimate of drug-likeness (QED) is 0.733. The Morgan fingerprint density at radius 3 is 2.00 bits per heavy atom. The molecular weight excluding hydrogens is 224 g/mol. The first-order valence-corrected chi connectivity index (χ1v) is 4.89. The van der Waals surface area contributed by atoms with E-state index in [1.807, 2.05) is 0 Å². The number of halogens is 1. The standard InChI is InChI=1S/C8H15BrO3/c1-8(2,3)6(7(11)12)5(10)4-9/h5-6,10H,4H2,1-3H3,(H,11,12)/t5-,6?/m0/s1. The average Bonchev–Trinajstić information content (AvgIpc) is 1.83. The highest BCUT2D eigenvalue weighted by Crippen LogP contribution is 2.29. The molecule has 0 aromatic heterocycles. The third-order valence-corrected chi connectivity index (χ3v) is 2.41. The zero-order valence-electron chi connectivity index (χ0n) is 7.54. The van der Waals surface area contributed by atoms with Crippen LogP contribution in [-0.4, -0.2) is 27.6 Å². The highest BCUT2D eigenvalue weighted by molar-refractivity contribution is 9.09. The van der Waals surface area contributed by atoms with Gasteiger partial charge in [0, 0.05) is 5.33 Å². The van der Waals surface area contributed by atoms with E-state index in [4.69, 9.17) is 5.11 Å². The van der Waals surface area contributed by atoms with E-state index >= 15 is 0 Å². The van der Waals surface area contributed by atoms with Crippen molar-refractivity contribution in [2.45, 2.75) is 26.9 Å². The Labute approximate surface area is 80.9 Å². The van der Waals surface area contributed by atoms with Crippen molar-refractivity contribution < 1.29 is 15.0 Å². The Morgan fingerprint density at radius 2 is 1.92 bits per heavy atom. The summed E-state index contributed by atoms with van der Waals surface area (Å²) < 4.78 is 0. The molecule has 0 bridgehead atoms. The van der Waals surface area contributed by atoms with Gasteiger partial charge >= 0.3 is 5.97 Å². The third kappa shape index (κ3) is 3.11. The van der Waals surface area contributed by atoms with E-state index in [-0.39, 0.29) is 0 Å². The van der Waals surface area contributed by atoms with Crippen LogP contribution >= 0.6 is 15.9 Å². The lowest BCUT2D eigenvalue weighted by molar-refractivity contribution is -0.150. The molecule has 0 aromatic carbocycles. The number of carboxylic acid groups (broad SMARTS) is 1. The van der Waals surface area contributed by atoms with Gasteiger partial charge in [0.25, 0.3) is 0 Å². The molecule has 0 fully saturated rings. The summed E-state index contributed by atoms with van der Waals surface area (Å²) in [5.74, 6) is -1.67. The van der Waals surface area contributed by atoms with Gasteiger partial charge in [-0.1, -0.05) is 36.7 Å². The fourth-order valence-electron chi connectivity index (χ4n) is 1.20. The zero-order valence-corrected chi connectivity index (χ0v) is 9.13. The van der Waals surface area contributed by atoms with Crippen LogP contribution in [0.2, 0.25) is 0 Å². The minimum absolute atomic E-state index is 0.293. The molecule has 2 N–H and O–H groups in total. The molecule has 0 aromatic rings. The maximum atomic E-state index is 10.8. The number of aliphatic carboxylic acids is 1. The van der Waals surface area contributed by atoms with Gasteiger partial charge < -0.3 is 10.2 Å². The highest BCUT2D eigenvalue weighted by atomic mass is 79.9. The largest absolute Gasteiger partial charge is 0.481 e. The number of aliphatic hydroxyl groups is 1. The van der Waals surface area contributed by atoms with E-state index in [2.05, 4.69) is 15.9 Å². The lowest BCUT2D eigenvalue weighted by Gasteiger charge is -2.29. The van der Waals surface area contributed by atoms with Crippen LogP contribution in [0.25, 0.3) is 0 Å². The fraction of sp³-hybridized carbons (Fsp3) is 0.875. The van der Waals surface area contributed by atoms with Crippen LogP contribution in [0.1, 0.15) is 20.8 Å². The number of alkyl halides is 1. The Morgan fingerprint density at radius 1 is 1.50 bits per heavy atom. The molecule has 0 aliphatic rings. The molecule has 0 amide bonds. The molecule has 4 heteroatoms. The van der Waals surface area contributed by atoms with Gasteiger partial charge in [-0.3, -0.25) is 4.79 Å². The Bertz CT molecular complexity index is 162. The van der Waals surface area contributed by atoms with Gasteiger partial charge in [0.05, 0.1) is 12.0 Å². The van der Waals surface area contributed by atoms with Crippen LogP contribution in [0.3, 0.4) is 0 Å². The number of carboxylic acids is 1. The number of hydrogen-bond donors (Lipinski definition) is 2. The maximum Gasteiger partial charge on any atom is 0.309 e. The molecule has 72 valence electrons. The molecule has 0 spiro atoms. The predicted molar refractivity (Wildman–Crippen MR) is 50.4 cm³/mol. The molecule has 3 nitrogen and oxygen atoms in total. The molecule has 0 rings (SSSR count). The second-order valence-electron chi connectivity index (χ2n) is 3.90. The van der Waals surface area contributed by atoms with Crippen molar-refractivity contribution in [1.82, 2.24) is 0 Å². The summed E-state index contributed by atoms with van der Waals surface area (Å²) in [6.07, 6.45) is -0.831. The van der Waals surface area contributed by atoms with Crippen LogP contribution < -0.4 is 0 Å². The van der Waals surface area contributed by atoms with E-state index < -0.39 is 23.4 Å². The second-order valence-corrected chi connectivity index (χ2v) is 4.55. The second kappa shape index (κ2) is 4.23.